The van der Waals surface area contributed by atoms with Gasteiger partial charge in [0.25, 0.3) is 0 Å². The Morgan fingerprint density at radius 2 is 2.33 bits per heavy atom. The van der Waals surface area contributed by atoms with Gasteiger partial charge in [0.1, 0.15) is 0 Å². The van der Waals surface area contributed by atoms with E-state index in [1.807, 2.05) is 17.8 Å². The maximum absolute atomic E-state index is 11.1. The Labute approximate surface area is 95.1 Å². The smallest absolute Gasteiger partial charge is 0.315 e. The minimum absolute atomic E-state index is 0.0152. The minimum Gasteiger partial charge on any atom is -0.332 e. The molecule has 2 saturated heterocycles. The number of urea groups is 1. The summed E-state index contributed by atoms with van der Waals surface area (Å²) in [5.74, 6) is 1.07. The summed E-state index contributed by atoms with van der Waals surface area (Å²) in [4.78, 5) is 11.1. The standard InChI is InChI=1S/C11H18N2OS/c1-2-3-4-5-6-9-10-8(7-15-9)12-11(14)13-10/h2,8-10H,1,3-7H2,(H2,12,13,14)/t8-,9-,10-/m0/s1. The van der Waals surface area contributed by atoms with Gasteiger partial charge in [0.05, 0.1) is 12.1 Å². The Kier molecular flexibility index (Phi) is 3.57. The molecule has 2 rings (SSSR count). The fourth-order valence-electron chi connectivity index (χ4n) is 2.28. The highest BCUT2D eigenvalue weighted by molar-refractivity contribution is 8.00. The molecule has 4 heteroatoms. The molecular weight excluding hydrogens is 208 g/mol. The first-order valence-electron chi connectivity index (χ1n) is 5.61. The predicted molar refractivity (Wildman–Crippen MR) is 64.2 cm³/mol. The number of fused-ring (bicyclic) bond motifs is 1. The number of thioether (sulfide) groups is 1. The number of hydrogen-bond acceptors (Lipinski definition) is 2. The molecule has 2 amide bonds. The lowest BCUT2D eigenvalue weighted by molar-refractivity contribution is 0.247. The summed E-state index contributed by atoms with van der Waals surface area (Å²) in [5.41, 5.74) is 0. The van der Waals surface area contributed by atoms with Crippen molar-refractivity contribution in [2.45, 2.75) is 43.0 Å². The first-order valence-corrected chi connectivity index (χ1v) is 6.65. The molecule has 2 fully saturated rings. The quantitative estimate of drug-likeness (QED) is 0.427. The van der Waals surface area contributed by atoms with Gasteiger partial charge in [-0.15, -0.1) is 6.58 Å². The Hall–Kier alpha value is -0.640. The molecule has 0 spiro atoms. The van der Waals surface area contributed by atoms with E-state index < -0.39 is 0 Å². The third kappa shape index (κ3) is 2.48. The summed E-state index contributed by atoms with van der Waals surface area (Å²) in [6, 6.07) is 0.750. The van der Waals surface area contributed by atoms with Crippen LogP contribution in [-0.4, -0.2) is 29.1 Å². The predicted octanol–water partition coefficient (Wildman–Crippen LogP) is 1.90. The molecule has 84 valence electrons. The number of hydrogen-bond donors (Lipinski definition) is 2. The summed E-state index contributed by atoms with van der Waals surface area (Å²) >= 11 is 1.99. The van der Waals surface area contributed by atoms with Crippen molar-refractivity contribution in [2.75, 3.05) is 5.75 Å². The van der Waals surface area contributed by atoms with E-state index in [2.05, 4.69) is 17.2 Å². The average molecular weight is 226 g/mol. The van der Waals surface area contributed by atoms with Crippen molar-refractivity contribution >= 4 is 17.8 Å². The molecular formula is C11H18N2OS. The van der Waals surface area contributed by atoms with Crippen LogP contribution >= 0.6 is 11.8 Å². The van der Waals surface area contributed by atoms with E-state index in [9.17, 15) is 4.79 Å². The van der Waals surface area contributed by atoms with Crippen molar-refractivity contribution in [2.24, 2.45) is 0 Å². The number of rotatable bonds is 5. The number of amides is 2. The van der Waals surface area contributed by atoms with Gasteiger partial charge < -0.3 is 10.6 Å². The molecule has 3 atom stereocenters. The molecule has 15 heavy (non-hydrogen) atoms. The van der Waals surface area contributed by atoms with Crippen LogP contribution in [0.25, 0.3) is 0 Å². The summed E-state index contributed by atoms with van der Waals surface area (Å²) in [7, 11) is 0. The fourth-order valence-corrected chi connectivity index (χ4v) is 3.82. The maximum atomic E-state index is 11.1. The van der Waals surface area contributed by atoms with Crippen molar-refractivity contribution in [1.82, 2.24) is 10.6 Å². The van der Waals surface area contributed by atoms with Gasteiger partial charge >= 0.3 is 6.03 Å². The van der Waals surface area contributed by atoms with Crippen LogP contribution in [0.3, 0.4) is 0 Å². The number of carbonyl (C=O) groups excluding carboxylic acids is 1. The average Bonchev–Trinajstić information content (AvgIpc) is 2.73. The summed E-state index contributed by atoms with van der Waals surface area (Å²) in [5, 5.41) is 6.59. The van der Waals surface area contributed by atoms with Gasteiger partial charge in [-0.2, -0.15) is 11.8 Å². The highest BCUT2D eigenvalue weighted by Crippen LogP contribution is 2.33. The van der Waals surface area contributed by atoms with Gasteiger partial charge in [0.15, 0.2) is 0 Å². The van der Waals surface area contributed by atoms with Crippen LogP contribution in [0, 0.1) is 0 Å². The Bertz CT molecular complexity index is 257. The normalized spacial score (nSPS) is 33.3. The van der Waals surface area contributed by atoms with Crippen LogP contribution in [0.5, 0.6) is 0 Å². The molecule has 0 bridgehead atoms. The maximum Gasteiger partial charge on any atom is 0.315 e. The minimum atomic E-state index is 0.0152. The van der Waals surface area contributed by atoms with Crippen LogP contribution in [0.4, 0.5) is 4.79 Å². The van der Waals surface area contributed by atoms with E-state index in [4.69, 9.17) is 0 Å². The zero-order valence-corrected chi connectivity index (χ0v) is 9.69. The van der Waals surface area contributed by atoms with E-state index in [0.29, 0.717) is 17.3 Å². The third-order valence-electron chi connectivity index (χ3n) is 3.09. The second-order valence-electron chi connectivity index (χ2n) is 4.19. The molecule has 0 aromatic carbocycles. The molecule has 3 nitrogen and oxygen atoms in total. The number of allylic oxidation sites excluding steroid dienone is 1. The van der Waals surface area contributed by atoms with Crippen LogP contribution < -0.4 is 10.6 Å². The molecule has 2 aliphatic rings. The Morgan fingerprint density at radius 3 is 3.13 bits per heavy atom. The zero-order valence-electron chi connectivity index (χ0n) is 8.87. The van der Waals surface area contributed by atoms with Crippen molar-refractivity contribution in [3.8, 4) is 0 Å². The van der Waals surface area contributed by atoms with Crippen molar-refractivity contribution in [1.29, 1.82) is 0 Å². The molecule has 0 unspecified atom stereocenters. The van der Waals surface area contributed by atoms with E-state index in [1.54, 1.807) is 0 Å². The topological polar surface area (TPSA) is 41.1 Å². The van der Waals surface area contributed by atoms with Crippen LogP contribution in [-0.2, 0) is 0 Å². The lowest BCUT2D eigenvalue weighted by Gasteiger charge is -2.16. The molecule has 0 aromatic rings. The number of nitrogens with one attached hydrogen (secondary N) is 2. The van der Waals surface area contributed by atoms with E-state index in [-0.39, 0.29) is 6.03 Å². The van der Waals surface area contributed by atoms with E-state index in [1.165, 1.54) is 19.3 Å². The van der Waals surface area contributed by atoms with E-state index >= 15 is 0 Å². The molecule has 0 aromatic heterocycles. The van der Waals surface area contributed by atoms with Crippen LogP contribution in [0.1, 0.15) is 25.7 Å². The van der Waals surface area contributed by atoms with Gasteiger partial charge in [0, 0.05) is 11.0 Å². The Balaban J connectivity index is 1.74. The zero-order chi connectivity index (χ0) is 10.7. The van der Waals surface area contributed by atoms with Crippen LogP contribution in [0.2, 0.25) is 0 Å². The fraction of sp³-hybridized carbons (Fsp3) is 0.727. The second-order valence-corrected chi connectivity index (χ2v) is 5.47. The molecule has 0 aliphatic carbocycles. The van der Waals surface area contributed by atoms with Gasteiger partial charge in [-0.05, 0) is 19.3 Å². The third-order valence-corrected chi connectivity index (χ3v) is 4.59. The first kappa shape index (κ1) is 10.9. The second kappa shape index (κ2) is 4.92. The molecule has 2 heterocycles. The highest BCUT2D eigenvalue weighted by Gasteiger charge is 2.42. The number of unbranched alkanes of at least 4 members (excludes halogenated alkanes) is 2. The lowest BCUT2D eigenvalue weighted by atomic mass is 10.0. The number of carbonyl (C=O) groups is 1. The van der Waals surface area contributed by atoms with Gasteiger partial charge in [0.2, 0.25) is 0 Å². The summed E-state index contributed by atoms with van der Waals surface area (Å²) in [6.45, 7) is 3.72. The molecule has 0 saturated carbocycles. The Morgan fingerprint density at radius 1 is 1.47 bits per heavy atom. The van der Waals surface area contributed by atoms with Crippen molar-refractivity contribution in [3.05, 3.63) is 12.7 Å². The molecule has 2 N–H and O–H groups in total. The highest BCUT2D eigenvalue weighted by atomic mass is 32.2. The lowest BCUT2D eigenvalue weighted by Crippen LogP contribution is -2.36. The summed E-state index contributed by atoms with van der Waals surface area (Å²) in [6.07, 6.45) is 6.75. The van der Waals surface area contributed by atoms with Gasteiger partial charge in [-0.1, -0.05) is 12.5 Å². The monoisotopic (exact) mass is 226 g/mol. The van der Waals surface area contributed by atoms with Gasteiger partial charge in [-0.25, -0.2) is 4.79 Å². The van der Waals surface area contributed by atoms with Gasteiger partial charge in [-0.3, -0.25) is 0 Å². The SMILES string of the molecule is C=CCCCC[C@@H]1SC[C@@H]2NC(=O)N[C@@H]21. The summed E-state index contributed by atoms with van der Waals surface area (Å²) < 4.78 is 0. The molecule has 2 aliphatic heterocycles. The largest absolute Gasteiger partial charge is 0.332 e. The molecule has 0 radical (unpaired) electrons. The first-order chi connectivity index (χ1) is 7.31. The van der Waals surface area contributed by atoms with E-state index in [0.717, 1.165) is 12.2 Å². The van der Waals surface area contributed by atoms with Crippen LogP contribution in [0.15, 0.2) is 12.7 Å². The van der Waals surface area contributed by atoms with Crippen molar-refractivity contribution in [3.63, 3.8) is 0 Å². The van der Waals surface area contributed by atoms with Crippen molar-refractivity contribution < 1.29 is 4.79 Å².